The fraction of sp³-hybridized carbons (Fsp3) is 0.556. The van der Waals surface area contributed by atoms with Crippen molar-refractivity contribution in [1.82, 2.24) is 4.57 Å². The van der Waals surface area contributed by atoms with Crippen molar-refractivity contribution in [3.63, 3.8) is 0 Å². The second-order valence-electron chi connectivity index (χ2n) is 2.81. The number of aryl methyl sites for hydroxylation is 2. The van der Waals surface area contributed by atoms with Gasteiger partial charge in [0.2, 0.25) is 0 Å². The van der Waals surface area contributed by atoms with Crippen LogP contribution in [0.5, 0.6) is 6.01 Å². The number of carbonyl (C=O) groups is 1. The molecular formula is C9H15N2O2+. The first-order chi connectivity index (χ1) is 6.19. The van der Waals surface area contributed by atoms with Crippen molar-refractivity contribution in [3.8, 4) is 6.01 Å². The molecule has 13 heavy (non-hydrogen) atoms. The smallest absolute Gasteiger partial charge is 0.357 e. The van der Waals surface area contributed by atoms with Gasteiger partial charge in [-0.2, -0.15) is 9.13 Å². The molecule has 1 rings (SSSR count). The molecule has 72 valence electrons. The lowest BCUT2D eigenvalue weighted by molar-refractivity contribution is -0.675. The van der Waals surface area contributed by atoms with Crippen molar-refractivity contribution < 1.29 is 14.1 Å². The summed E-state index contributed by atoms with van der Waals surface area (Å²) in [7, 11) is 1.85. The van der Waals surface area contributed by atoms with E-state index in [0.29, 0.717) is 12.4 Å². The highest BCUT2D eigenvalue weighted by Crippen LogP contribution is 2.04. The van der Waals surface area contributed by atoms with Gasteiger partial charge in [0, 0.05) is 6.42 Å². The van der Waals surface area contributed by atoms with Crippen LogP contribution in [-0.4, -0.2) is 10.5 Å². The summed E-state index contributed by atoms with van der Waals surface area (Å²) in [4.78, 5) is 11.1. The van der Waals surface area contributed by atoms with Crippen LogP contribution in [0, 0.1) is 0 Å². The number of rotatable bonds is 3. The molecule has 0 aliphatic carbocycles. The van der Waals surface area contributed by atoms with Gasteiger partial charge in [-0.25, -0.2) is 0 Å². The molecule has 4 heteroatoms. The van der Waals surface area contributed by atoms with E-state index in [4.69, 9.17) is 4.74 Å². The minimum absolute atomic E-state index is 0.205. The second-order valence-corrected chi connectivity index (χ2v) is 2.81. The van der Waals surface area contributed by atoms with Crippen LogP contribution >= 0.6 is 0 Å². The van der Waals surface area contributed by atoms with E-state index in [0.717, 1.165) is 6.54 Å². The Hall–Kier alpha value is -1.32. The number of ether oxygens (including phenoxy) is 1. The van der Waals surface area contributed by atoms with Crippen LogP contribution in [0.3, 0.4) is 0 Å². The molecule has 0 radical (unpaired) electrons. The lowest BCUT2D eigenvalue weighted by atomic mass is 10.5. The lowest BCUT2D eigenvalue weighted by Gasteiger charge is -1.99. The van der Waals surface area contributed by atoms with Crippen LogP contribution in [-0.2, 0) is 18.4 Å². The number of hydrogen-bond donors (Lipinski definition) is 0. The molecule has 0 aliphatic rings. The Balaban J connectivity index is 2.85. The Bertz CT molecular complexity index is 305. The quantitative estimate of drug-likeness (QED) is 0.509. The summed E-state index contributed by atoms with van der Waals surface area (Å²) in [6.07, 6.45) is 4.15. The van der Waals surface area contributed by atoms with Crippen LogP contribution in [0.25, 0.3) is 0 Å². The number of esters is 1. The molecule has 0 saturated heterocycles. The Kier molecular flexibility index (Phi) is 3.06. The fourth-order valence-electron chi connectivity index (χ4n) is 1.06. The Labute approximate surface area is 77.7 Å². The molecular weight excluding hydrogens is 168 g/mol. The number of imidazole rings is 1. The number of nitrogens with zero attached hydrogens (tertiary/aromatic N) is 2. The van der Waals surface area contributed by atoms with Gasteiger partial charge in [0.05, 0.1) is 13.6 Å². The Morgan fingerprint density at radius 1 is 1.62 bits per heavy atom. The summed E-state index contributed by atoms with van der Waals surface area (Å²) in [5.74, 6) is -0.205. The summed E-state index contributed by atoms with van der Waals surface area (Å²) < 4.78 is 8.81. The first-order valence-corrected chi connectivity index (χ1v) is 4.44. The molecule has 0 unspecified atom stereocenters. The van der Waals surface area contributed by atoms with E-state index in [1.165, 1.54) is 0 Å². The summed E-state index contributed by atoms with van der Waals surface area (Å²) in [6, 6.07) is 0.592. The third-order valence-electron chi connectivity index (χ3n) is 1.85. The summed E-state index contributed by atoms with van der Waals surface area (Å²) >= 11 is 0. The normalized spacial score (nSPS) is 10.1. The van der Waals surface area contributed by atoms with Crippen LogP contribution in [0.15, 0.2) is 12.4 Å². The zero-order valence-electron chi connectivity index (χ0n) is 8.28. The molecule has 0 amide bonds. The number of carbonyl (C=O) groups excluding carboxylic acids is 1. The lowest BCUT2D eigenvalue weighted by Crippen LogP contribution is -2.30. The van der Waals surface area contributed by atoms with E-state index in [-0.39, 0.29) is 5.97 Å². The number of hydrogen-bond acceptors (Lipinski definition) is 2. The van der Waals surface area contributed by atoms with Crippen molar-refractivity contribution in [2.24, 2.45) is 7.05 Å². The Morgan fingerprint density at radius 2 is 2.31 bits per heavy atom. The highest BCUT2D eigenvalue weighted by Gasteiger charge is 2.17. The fourth-order valence-corrected chi connectivity index (χ4v) is 1.06. The zero-order chi connectivity index (χ0) is 9.84. The molecule has 1 aromatic heterocycles. The molecule has 0 bridgehead atoms. The van der Waals surface area contributed by atoms with Gasteiger partial charge >= 0.3 is 12.0 Å². The van der Waals surface area contributed by atoms with Crippen molar-refractivity contribution in [1.29, 1.82) is 0 Å². The predicted octanol–water partition coefficient (Wildman–Crippen LogP) is 0.648. The molecule has 4 nitrogen and oxygen atoms in total. The van der Waals surface area contributed by atoms with Gasteiger partial charge in [-0.05, 0) is 6.92 Å². The third-order valence-corrected chi connectivity index (χ3v) is 1.85. The Morgan fingerprint density at radius 3 is 2.85 bits per heavy atom. The molecule has 0 aromatic carbocycles. The van der Waals surface area contributed by atoms with Gasteiger partial charge in [0.25, 0.3) is 0 Å². The highest BCUT2D eigenvalue weighted by molar-refractivity contribution is 5.70. The van der Waals surface area contributed by atoms with Crippen molar-refractivity contribution in [2.75, 3.05) is 0 Å². The second kappa shape index (κ2) is 4.07. The van der Waals surface area contributed by atoms with Crippen LogP contribution in [0.2, 0.25) is 0 Å². The van der Waals surface area contributed by atoms with Gasteiger partial charge in [0.1, 0.15) is 12.4 Å². The van der Waals surface area contributed by atoms with Crippen LogP contribution in [0.1, 0.15) is 20.3 Å². The minimum atomic E-state index is -0.205. The van der Waals surface area contributed by atoms with Gasteiger partial charge in [-0.3, -0.25) is 4.79 Å². The average Bonchev–Trinajstić information content (AvgIpc) is 2.48. The maximum absolute atomic E-state index is 11.1. The van der Waals surface area contributed by atoms with Crippen molar-refractivity contribution in [2.45, 2.75) is 26.8 Å². The van der Waals surface area contributed by atoms with Gasteiger partial charge in [-0.1, -0.05) is 6.92 Å². The van der Waals surface area contributed by atoms with E-state index in [1.54, 1.807) is 11.5 Å². The molecule has 1 aromatic rings. The molecule has 0 N–H and O–H groups in total. The maximum atomic E-state index is 11.1. The largest absolute Gasteiger partial charge is 0.463 e. The van der Waals surface area contributed by atoms with E-state index in [9.17, 15) is 4.79 Å². The molecule has 0 fully saturated rings. The minimum Gasteiger partial charge on any atom is -0.357 e. The third kappa shape index (κ3) is 2.08. The molecule has 0 aliphatic heterocycles. The van der Waals surface area contributed by atoms with E-state index in [2.05, 4.69) is 0 Å². The van der Waals surface area contributed by atoms with E-state index < -0.39 is 0 Å². The summed E-state index contributed by atoms with van der Waals surface area (Å²) in [5, 5.41) is 0. The van der Waals surface area contributed by atoms with Crippen LogP contribution in [0.4, 0.5) is 0 Å². The maximum Gasteiger partial charge on any atom is 0.463 e. The van der Waals surface area contributed by atoms with Crippen molar-refractivity contribution in [3.05, 3.63) is 12.4 Å². The van der Waals surface area contributed by atoms with Crippen LogP contribution < -0.4 is 9.30 Å². The van der Waals surface area contributed by atoms with E-state index in [1.807, 2.05) is 30.9 Å². The first-order valence-electron chi connectivity index (χ1n) is 4.44. The average molecular weight is 183 g/mol. The predicted molar refractivity (Wildman–Crippen MR) is 47.2 cm³/mol. The molecule has 0 saturated carbocycles. The summed E-state index contributed by atoms with van der Waals surface area (Å²) in [5.41, 5.74) is 0. The van der Waals surface area contributed by atoms with Gasteiger partial charge in [0.15, 0.2) is 0 Å². The standard InChI is InChI=1S/C9H15N2O2/c1-4-8(12)13-9-10(3)6-7-11(9)5-2/h6-7H,4-5H2,1-3H3/q+1. The monoisotopic (exact) mass is 183 g/mol. The van der Waals surface area contributed by atoms with Crippen molar-refractivity contribution >= 4 is 5.97 Å². The topological polar surface area (TPSA) is 35.1 Å². The molecule has 0 spiro atoms. The summed E-state index contributed by atoms with van der Waals surface area (Å²) in [6.45, 7) is 4.58. The SMILES string of the molecule is CCC(=O)Oc1n(CC)cc[n+]1C. The van der Waals surface area contributed by atoms with Gasteiger partial charge < -0.3 is 4.74 Å². The molecule has 0 atom stereocenters. The van der Waals surface area contributed by atoms with Gasteiger partial charge in [-0.15, -0.1) is 0 Å². The molecule has 1 heterocycles. The highest BCUT2D eigenvalue weighted by atomic mass is 16.6. The first kappa shape index (κ1) is 9.77. The number of aromatic nitrogens is 2. The van der Waals surface area contributed by atoms with E-state index >= 15 is 0 Å². The zero-order valence-corrected chi connectivity index (χ0v) is 8.28.